The largest absolute Gasteiger partial charge is 0.476 e. The van der Waals surface area contributed by atoms with Crippen molar-refractivity contribution in [2.24, 2.45) is 0 Å². The molecule has 0 fully saturated rings. The van der Waals surface area contributed by atoms with E-state index in [9.17, 15) is 9.90 Å². The number of rotatable bonds is 6. The predicted octanol–water partition coefficient (Wildman–Crippen LogP) is 2.68. The molecular formula is C19H26N4O2. The number of pyridine rings is 1. The molecule has 3 rings (SSSR count). The number of fused-ring (bicyclic) bond motifs is 1. The Hall–Kier alpha value is -2.21. The maximum absolute atomic E-state index is 11.6. The third-order valence-corrected chi connectivity index (χ3v) is 5.14. The molecule has 1 N–H and O–H groups in total. The first kappa shape index (κ1) is 17.6. The highest BCUT2D eigenvalue weighted by molar-refractivity contribution is 5.87. The minimum Gasteiger partial charge on any atom is -0.476 e. The monoisotopic (exact) mass is 342 g/mol. The van der Waals surface area contributed by atoms with E-state index in [1.54, 1.807) is 0 Å². The first-order valence-electron chi connectivity index (χ1n) is 8.92. The van der Waals surface area contributed by atoms with Gasteiger partial charge in [0, 0.05) is 42.8 Å². The van der Waals surface area contributed by atoms with Crippen molar-refractivity contribution in [2.45, 2.75) is 58.7 Å². The van der Waals surface area contributed by atoms with Crippen molar-refractivity contribution in [3.05, 3.63) is 46.5 Å². The van der Waals surface area contributed by atoms with E-state index in [2.05, 4.69) is 41.9 Å². The lowest BCUT2D eigenvalue weighted by atomic mass is 9.90. The fourth-order valence-electron chi connectivity index (χ4n) is 3.69. The lowest BCUT2D eigenvalue weighted by Crippen LogP contribution is -2.36. The zero-order valence-electron chi connectivity index (χ0n) is 15.2. The molecule has 6 nitrogen and oxygen atoms in total. The van der Waals surface area contributed by atoms with Crippen LogP contribution in [0.2, 0.25) is 0 Å². The van der Waals surface area contributed by atoms with Crippen molar-refractivity contribution in [1.82, 2.24) is 19.7 Å². The standard InChI is InChI=1S/C19H26N4O2/c1-4-9-23-17-6-5-15(10-16(17)18(21-23)19(24)25)22(3)12-14-7-8-20-11-13(14)2/h7-8,11,15H,4-6,9-10,12H2,1-3H3,(H,24,25). The molecule has 0 spiro atoms. The highest BCUT2D eigenvalue weighted by Crippen LogP contribution is 2.28. The molecule has 1 aliphatic rings. The summed E-state index contributed by atoms with van der Waals surface area (Å²) in [5.74, 6) is -0.917. The summed E-state index contributed by atoms with van der Waals surface area (Å²) in [6.45, 7) is 5.80. The summed E-state index contributed by atoms with van der Waals surface area (Å²) >= 11 is 0. The first-order chi connectivity index (χ1) is 12.0. The Kier molecular flexibility index (Phi) is 5.18. The number of carboxylic acids is 1. The van der Waals surface area contributed by atoms with Gasteiger partial charge < -0.3 is 5.11 Å². The maximum Gasteiger partial charge on any atom is 0.356 e. The van der Waals surface area contributed by atoms with Crippen molar-refractivity contribution >= 4 is 5.97 Å². The molecule has 0 aromatic carbocycles. The number of nitrogens with zero attached hydrogens (tertiary/aromatic N) is 4. The molecule has 1 unspecified atom stereocenters. The van der Waals surface area contributed by atoms with Crippen LogP contribution < -0.4 is 0 Å². The molecule has 0 saturated carbocycles. The molecule has 25 heavy (non-hydrogen) atoms. The second kappa shape index (κ2) is 7.35. The minimum atomic E-state index is -0.917. The molecular weight excluding hydrogens is 316 g/mol. The normalized spacial score (nSPS) is 16.9. The van der Waals surface area contributed by atoms with Gasteiger partial charge in [-0.3, -0.25) is 14.6 Å². The zero-order valence-corrected chi connectivity index (χ0v) is 15.2. The summed E-state index contributed by atoms with van der Waals surface area (Å²) in [5, 5.41) is 13.9. The van der Waals surface area contributed by atoms with Crippen molar-refractivity contribution in [2.75, 3.05) is 7.05 Å². The van der Waals surface area contributed by atoms with Gasteiger partial charge in [-0.1, -0.05) is 6.92 Å². The van der Waals surface area contributed by atoms with Crippen molar-refractivity contribution in [3.8, 4) is 0 Å². The maximum atomic E-state index is 11.6. The lowest BCUT2D eigenvalue weighted by Gasteiger charge is -2.32. The molecule has 0 radical (unpaired) electrons. The second-order valence-corrected chi connectivity index (χ2v) is 6.92. The van der Waals surface area contributed by atoms with Gasteiger partial charge in [0.15, 0.2) is 5.69 Å². The van der Waals surface area contributed by atoms with Gasteiger partial charge in [0.1, 0.15) is 0 Å². The van der Waals surface area contributed by atoms with E-state index in [-0.39, 0.29) is 5.69 Å². The van der Waals surface area contributed by atoms with Gasteiger partial charge in [-0.05, 0) is 56.8 Å². The van der Waals surface area contributed by atoms with Gasteiger partial charge >= 0.3 is 5.97 Å². The van der Waals surface area contributed by atoms with Crippen LogP contribution in [-0.4, -0.2) is 43.8 Å². The molecule has 2 aromatic rings. The average molecular weight is 342 g/mol. The Bertz CT molecular complexity index is 769. The topological polar surface area (TPSA) is 71.2 Å². The zero-order chi connectivity index (χ0) is 18.0. The molecule has 0 bridgehead atoms. The van der Waals surface area contributed by atoms with Crippen LogP contribution in [0.15, 0.2) is 18.5 Å². The number of hydrogen-bond acceptors (Lipinski definition) is 4. The highest BCUT2D eigenvalue weighted by Gasteiger charge is 2.30. The number of aryl methyl sites for hydroxylation is 2. The van der Waals surface area contributed by atoms with Crippen LogP contribution in [0, 0.1) is 6.92 Å². The van der Waals surface area contributed by atoms with E-state index in [4.69, 9.17) is 0 Å². The Morgan fingerprint density at radius 3 is 2.96 bits per heavy atom. The number of carboxylic acid groups (broad SMARTS) is 1. The van der Waals surface area contributed by atoms with Crippen molar-refractivity contribution < 1.29 is 9.90 Å². The van der Waals surface area contributed by atoms with E-state index < -0.39 is 5.97 Å². The van der Waals surface area contributed by atoms with Crippen LogP contribution in [0.25, 0.3) is 0 Å². The van der Waals surface area contributed by atoms with E-state index in [0.717, 1.165) is 50.0 Å². The molecule has 2 aromatic heterocycles. The van der Waals surface area contributed by atoms with E-state index in [0.29, 0.717) is 6.04 Å². The summed E-state index contributed by atoms with van der Waals surface area (Å²) in [7, 11) is 2.12. The summed E-state index contributed by atoms with van der Waals surface area (Å²) in [6, 6.07) is 2.39. The van der Waals surface area contributed by atoms with Crippen LogP contribution in [0.5, 0.6) is 0 Å². The van der Waals surface area contributed by atoms with Gasteiger partial charge in [-0.15, -0.1) is 0 Å². The summed E-state index contributed by atoms with van der Waals surface area (Å²) in [4.78, 5) is 18.1. The van der Waals surface area contributed by atoms with Crippen LogP contribution in [-0.2, 0) is 25.9 Å². The van der Waals surface area contributed by atoms with Crippen LogP contribution in [0.4, 0.5) is 0 Å². The molecule has 1 atom stereocenters. The first-order valence-corrected chi connectivity index (χ1v) is 8.92. The molecule has 2 heterocycles. The van der Waals surface area contributed by atoms with Crippen LogP contribution in [0.3, 0.4) is 0 Å². The summed E-state index contributed by atoms with van der Waals surface area (Å²) in [6.07, 6.45) is 7.34. The molecule has 1 aliphatic carbocycles. The smallest absolute Gasteiger partial charge is 0.356 e. The van der Waals surface area contributed by atoms with Gasteiger partial charge in [0.25, 0.3) is 0 Å². The average Bonchev–Trinajstić information content (AvgIpc) is 2.95. The van der Waals surface area contributed by atoms with Crippen LogP contribution >= 0.6 is 0 Å². The van der Waals surface area contributed by atoms with Gasteiger partial charge in [-0.2, -0.15) is 5.10 Å². The Morgan fingerprint density at radius 1 is 1.48 bits per heavy atom. The number of aromatic nitrogens is 3. The Morgan fingerprint density at radius 2 is 2.28 bits per heavy atom. The Balaban J connectivity index is 1.80. The lowest BCUT2D eigenvalue weighted by molar-refractivity contribution is 0.0687. The van der Waals surface area contributed by atoms with Gasteiger partial charge in [0.05, 0.1) is 0 Å². The molecule has 0 aliphatic heterocycles. The number of likely N-dealkylation sites (N-methyl/N-ethyl adjacent to an activating group) is 1. The number of hydrogen-bond donors (Lipinski definition) is 1. The minimum absolute atomic E-state index is 0.238. The predicted molar refractivity (Wildman–Crippen MR) is 95.7 cm³/mol. The SMILES string of the molecule is CCCn1nc(C(=O)O)c2c1CCC(N(C)Cc1ccncc1C)C2. The van der Waals surface area contributed by atoms with Crippen molar-refractivity contribution in [3.63, 3.8) is 0 Å². The van der Waals surface area contributed by atoms with E-state index in [1.165, 1.54) is 11.1 Å². The molecule has 6 heteroatoms. The summed E-state index contributed by atoms with van der Waals surface area (Å²) < 4.78 is 1.90. The quantitative estimate of drug-likeness (QED) is 0.874. The number of carbonyl (C=O) groups is 1. The molecule has 0 saturated heterocycles. The third kappa shape index (κ3) is 3.58. The van der Waals surface area contributed by atoms with Crippen LogP contribution in [0.1, 0.15) is 52.6 Å². The number of aromatic carboxylic acids is 1. The molecule has 134 valence electrons. The third-order valence-electron chi connectivity index (χ3n) is 5.14. The molecule has 0 amide bonds. The van der Waals surface area contributed by atoms with Gasteiger partial charge in [-0.25, -0.2) is 4.79 Å². The highest BCUT2D eigenvalue weighted by atomic mass is 16.4. The fraction of sp³-hybridized carbons (Fsp3) is 0.526. The van der Waals surface area contributed by atoms with Crippen molar-refractivity contribution in [1.29, 1.82) is 0 Å². The second-order valence-electron chi connectivity index (χ2n) is 6.92. The Labute approximate surface area is 148 Å². The van der Waals surface area contributed by atoms with E-state index in [1.807, 2.05) is 17.1 Å². The van der Waals surface area contributed by atoms with Gasteiger partial charge in [0.2, 0.25) is 0 Å². The van der Waals surface area contributed by atoms with E-state index >= 15 is 0 Å². The summed E-state index contributed by atoms with van der Waals surface area (Å²) in [5.41, 5.74) is 4.73. The fourth-order valence-corrected chi connectivity index (χ4v) is 3.69.